The van der Waals surface area contributed by atoms with Crippen molar-refractivity contribution in [2.75, 3.05) is 0 Å². The second-order valence-corrected chi connectivity index (χ2v) is 12.4. The molecule has 1 heteroatoms. The van der Waals surface area contributed by atoms with Crippen molar-refractivity contribution < 1.29 is 0 Å². The molecule has 0 heterocycles. The second-order valence-electron chi connectivity index (χ2n) is 12.4. The highest BCUT2D eigenvalue weighted by atomic mass is 15.5. The molecule has 0 aromatic heterocycles. The Labute approximate surface area is 180 Å². The number of quaternary nitrogens is 1. The van der Waals surface area contributed by atoms with Crippen LogP contribution in [0.5, 0.6) is 0 Å². The number of para-hydroxylation sites is 2. The summed E-state index contributed by atoms with van der Waals surface area (Å²) >= 11 is 0. The van der Waals surface area contributed by atoms with Gasteiger partial charge in [0.1, 0.15) is 22.5 Å². The van der Waals surface area contributed by atoms with Crippen molar-refractivity contribution in [3.63, 3.8) is 0 Å². The fraction of sp³-hybridized carbons (Fsp3) is 0.571. The standard InChI is InChI=1S/C28H44N/c1-25(2,3)21-27(7,8)29(23-17-13-11-14-18-23,24-19-15-12-16-20-24)28(9,10)22-26(4,5)6/h11-20H,21-22H2,1-10H3/q+1. The maximum Gasteiger partial charge on any atom is 0.138 e. The Kier molecular flexibility index (Phi) is 6.46. The zero-order valence-corrected chi connectivity index (χ0v) is 20.6. The molecule has 0 spiro atoms. The fourth-order valence-electron chi connectivity index (χ4n) is 6.50. The molecular weight excluding hydrogens is 350 g/mol. The number of hydrogen-bond donors (Lipinski definition) is 0. The van der Waals surface area contributed by atoms with Gasteiger partial charge >= 0.3 is 0 Å². The van der Waals surface area contributed by atoms with E-state index in [-0.39, 0.29) is 21.9 Å². The van der Waals surface area contributed by atoms with E-state index in [9.17, 15) is 0 Å². The van der Waals surface area contributed by atoms with E-state index in [0.29, 0.717) is 0 Å². The van der Waals surface area contributed by atoms with Gasteiger partial charge in [0.05, 0.1) is 0 Å². The molecule has 0 N–H and O–H groups in total. The maximum absolute atomic E-state index is 2.47. The Hall–Kier alpha value is -1.60. The largest absolute Gasteiger partial charge is 0.250 e. The number of hydrogen-bond acceptors (Lipinski definition) is 0. The van der Waals surface area contributed by atoms with Gasteiger partial charge in [0.2, 0.25) is 0 Å². The summed E-state index contributed by atoms with van der Waals surface area (Å²) in [6.45, 7) is 24.1. The van der Waals surface area contributed by atoms with Crippen LogP contribution in [0, 0.1) is 10.8 Å². The van der Waals surface area contributed by atoms with Crippen molar-refractivity contribution in [3.05, 3.63) is 60.7 Å². The van der Waals surface area contributed by atoms with Crippen LogP contribution >= 0.6 is 0 Å². The van der Waals surface area contributed by atoms with E-state index in [1.807, 2.05) is 0 Å². The molecular formula is C28H44N+. The summed E-state index contributed by atoms with van der Waals surface area (Å²) in [7, 11) is 0. The van der Waals surface area contributed by atoms with Crippen LogP contribution < -0.4 is 4.48 Å². The summed E-state index contributed by atoms with van der Waals surface area (Å²) in [5.41, 5.74) is 3.21. The quantitative estimate of drug-likeness (QED) is 0.429. The van der Waals surface area contributed by atoms with Crippen LogP contribution in [-0.2, 0) is 0 Å². The highest BCUT2D eigenvalue weighted by Crippen LogP contribution is 2.54. The molecule has 1 nitrogen and oxygen atoms in total. The van der Waals surface area contributed by atoms with E-state index >= 15 is 0 Å². The monoisotopic (exact) mass is 394 g/mol. The third-order valence-electron chi connectivity index (χ3n) is 6.03. The van der Waals surface area contributed by atoms with E-state index in [4.69, 9.17) is 0 Å². The van der Waals surface area contributed by atoms with Gasteiger partial charge in [0.25, 0.3) is 0 Å². The lowest BCUT2D eigenvalue weighted by atomic mass is 9.71. The van der Waals surface area contributed by atoms with Gasteiger partial charge in [0, 0.05) is 12.8 Å². The molecule has 0 bridgehead atoms. The minimum atomic E-state index is -0.00426. The molecule has 2 aromatic rings. The minimum Gasteiger partial charge on any atom is -0.250 e. The molecule has 0 radical (unpaired) electrons. The van der Waals surface area contributed by atoms with Crippen LogP contribution in [0.1, 0.15) is 82.1 Å². The Balaban J connectivity index is 2.94. The third kappa shape index (κ3) is 4.94. The lowest BCUT2D eigenvalue weighted by molar-refractivity contribution is 0.0285. The lowest BCUT2D eigenvalue weighted by Crippen LogP contribution is -2.71. The Bertz CT molecular complexity index is 701. The fourth-order valence-corrected chi connectivity index (χ4v) is 6.50. The first-order chi connectivity index (χ1) is 13.1. The first-order valence-electron chi connectivity index (χ1n) is 11.1. The van der Waals surface area contributed by atoms with Crippen molar-refractivity contribution in [2.45, 2.75) is 93.2 Å². The molecule has 0 saturated heterocycles. The topological polar surface area (TPSA) is 0 Å². The normalized spacial score (nSPS) is 14.1. The van der Waals surface area contributed by atoms with Gasteiger partial charge in [-0.05, 0) is 62.8 Å². The average Bonchev–Trinajstić information content (AvgIpc) is 2.52. The van der Waals surface area contributed by atoms with Crippen LogP contribution in [0.2, 0.25) is 0 Å². The average molecular weight is 395 g/mol. The first-order valence-corrected chi connectivity index (χ1v) is 11.1. The first kappa shape index (κ1) is 23.7. The van der Waals surface area contributed by atoms with Crippen LogP contribution in [0.3, 0.4) is 0 Å². The van der Waals surface area contributed by atoms with Gasteiger partial charge in [-0.3, -0.25) is 0 Å². The molecule has 2 aromatic carbocycles. The van der Waals surface area contributed by atoms with Crippen LogP contribution in [0.25, 0.3) is 0 Å². The summed E-state index contributed by atoms with van der Waals surface area (Å²) in [6, 6.07) is 22.4. The van der Waals surface area contributed by atoms with E-state index in [1.54, 1.807) is 0 Å². The van der Waals surface area contributed by atoms with Crippen LogP contribution in [-0.4, -0.2) is 11.1 Å². The molecule has 2 rings (SSSR count). The Morgan fingerprint density at radius 3 is 1.00 bits per heavy atom. The predicted molar refractivity (Wildman–Crippen MR) is 131 cm³/mol. The summed E-state index contributed by atoms with van der Waals surface area (Å²) in [5, 5.41) is 0. The predicted octanol–water partition coefficient (Wildman–Crippen LogP) is 8.76. The van der Waals surface area contributed by atoms with Gasteiger partial charge in [0.15, 0.2) is 0 Å². The molecule has 0 fully saturated rings. The molecule has 0 atom stereocenters. The maximum atomic E-state index is 2.47. The highest BCUT2D eigenvalue weighted by molar-refractivity contribution is 5.62. The van der Waals surface area contributed by atoms with Crippen molar-refractivity contribution in [3.8, 4) is 0 Å². The SMILES string of the molecule is CC(C)(C)CC(C)(C)[N+](c1ccccc1)(c1ccccc1)C(C)(C)CC(C)(C)C. The zero-order valence-electron chi connectivity index (χ0n) is 20.6. The highest BCUT2D eigenvalue weighted by Gasteiger charge is 2.58. The number of benzene rings is 2. The molecule has 0 aliphatic rings. The number of nitrogens with zero attached hydrogens (tertiary/aromatic N) is 1. The minimum absolute atomic E-state index is 0.00426. The molecule has 0 aliphatic heterocycles. The van der Waals surface area contributed by atoms with E-state index < -0.39 is 0 Å². The van der Waals surface area contributed by atoms with Crippen LogP contribution in [0.4, 0.5) is 11.4 Å². The molecule has 0 amide bonds. The van der Waals surface area contributed by atoms with Crippen LogP contribution in [0.15, 0.2) is 60.7 Å². The van der Waals surface area contributed by atoms with Crippen molar-refractivity contribution in [2.24, 2.45) is 10.8 Å². The number of rotatable bonds is 6. The summed E-state index contributed by atoms with van der Waals surface area (Å²) in [6.07, 6.45) is 2.24. The molecule has 160 valence electrons. The second kappa shape index (κ2) is 7.91. The summed E-state index contributed by atoms with van der Waals surface area (Å²) in [5.74, 6) is 0. The summed E-state index contributed by atoms with van der Waals surface area (Å²) < 4.78 is 0.843. The Morgan fingerprint density at radius 1 is 0.483 bits per heavy atom. The van der Waals surface area contributed by atoms with Gasteiger partial charge in [-0.1, -0.05) is 77.9 Å². The van der Waals surface area contributed by atoms with E-state index in [0.717, 1.165) is 17.3 Å². The van der Waals surface area contributed by atoms with Gasteiger partial charge < -0.3 is 0 Å². The Morgan fingerprint density at radius 2 is 0.759 bits per heavy atom. The van der Waals surface area contributed by atoms with Gasteiger partial charge in [-0.25, -0.2) is 4.48 Å². The third-order valence-corrected chi connectivity index (χ3v) is 6.03. The van der Waals surface area contributed by atoms with Crippen molar-refractivity contribution >= 4 is 11.4 Å². The molecule has 0 saturated carbocycles. The smallest absolute Gasteiger partial charge is 0.138 e. The lowest BCUT2D eigenvalue weighted by Gasteiger charge is -2.60. The molecule has 0 unspecified atom stereocenters. The van der Waals surface area contributed by atoms with Crippen molar-refractivity contribution in [1.82, 2.24) is 4.48 Å². The summed E-state index contributed by atoms with van der Waals surface area (Å²) in [4.78, 5) is 0. The zero-order chi connectivity index (χ0) is 22.1. The van der Waals surface area contributed by atoms with Crippen molar-refractivity contribution in [1.29, 1.82) is 0 Å². The molecule has 0 aliphatic carbocycles. The van der Waals surface area contributed by atoms with Gasteiger partial charge in [-0.15, -0.1) is 0 Å². The van der Waals surface area contributed by atoms with E-state index in [1.165, 1.54) is 11.4 Å². The molecule has 29 heavy (non-hydrogen) atoms. The van der Waals surface area contributed by atoms with E-state index in [2.05, 4.69) is 130 Å². The van der Waals surface area contributed by atoms with Gasteiger partial charge in [-0.2, -0.15) is 0 Å².